The summed E-state index contributed by atoms with van der Waals surface area (Å²) < 4.78 is 16.9. The lowest BCUT2D eigenvalue weighted by molar-refractivity contribution is -0.149. The summed E-state index contributed by atoms with van der Waals surface area (Å²) in [6.07, 6.45) is -5.31. The van der Waals surface area contributed by atoms with E-state index in [2.05, 4.69) is 11.8 Å². The number of carboxylic acid groups (broad SMARTS) is 2. The third-order valence-electron chi connectivity index (χ3n) is 4.08. The Kier molecular flexibility index (Phi) is 8.00. The van der Waals surface area contributed by atoms with Crippen LogP contribution in [0.4, 0.5) is 0 Å². The third kappa shape index (κ3) is 5.59. The van der Waals surface area contributed by atoms with Gasteiger partial charge in [-0.05, 0) is 11.8 Å². The number of hydrogen-bond acceptors (Lipinski definition) is 9. The average Bonchev–Trinajstić information content (AvgIpc) is 2.98. The Morgan fingerprint density at radius 2 is 2.03 bits per heavy atom. The van der Waals surface area contributed by atoms with E-state index in [1.165, 1.54) is 7.11 Å². The molecule has 0 spiro atoms. The van der Waals surface area contributed by atoms with E-state index >= 15 is 0 Å². The number of aromatic nitrogens is 2. The minimum atomic E-state index is -2.82. The van der Waals surface area contributed by atoms with E-state index in [1.54, 1.807) is 0 Å². The Labute approximate surface area is 173 Å². The maximum Gasteiger partial charge on any atom is 0.330 e. The highest BCUT2D eigenvalue weighted by Gasteiger charge is 2.51. The van der Waals surface area contributed by atoms with Crippen LogP contribution in [0.25, 0.3) is 0 Å². The molecule has 6 atom stereocenters. The standard InChI is InChI=1S/C14H18N3O11PS/c1-26-10-8(28-29(25)30)9(11(21)15-5(13(22)23)4-7(19)20)27-12(10)17-3-2-6(18)16-14(17)24/h2-3,5,8-10,12,29H,4H2,1H3,(H,15,21)(H,19,20)(H,22,23)(H,25,30)(H,16,18,24)/t5-,8?,9+,10?,12-/m1/s1. The second-order valence-corrected chi connectivity index (χ2v) is 7.83. The lowest BCUT2D eigenvalue weighted by Crippen LogP contribution is -2.50. The molecule has 0 aromatic carbocycles. The summed E-state index contributed by atoms with van der Waals surface area (Å²) in [5.41, 5.74) is -1.58. The van der Waals surface area contributed by atoms with Crippen molar-refractivity contribution in [3.8, 4) is 0 Å². The summed E-state index contributed by atoms with van der Waals surface area (Å²) in [6.45, 7) is 0. The minimum Gasteiger partial charge on any atom is -0.481 e. The predicted octanol–water partition coefficient (Wildman–Crippen LogP) is -2.62. The van der Waals surface area contributed by atoms with Crippen LogP contribution in [0.5, 0.6) is 0 Å². The van der Waals surface area contributed by atoms with Gasteiger partial charge in [-0.3, -0.25) is 23.9 Å². The van der Waals surface area contributed by atoms with Crippen molar-refractivity contribution < 1.29 is 43.5 Å². The summed E-state index contributed by atoms with van der Waals surface area (Å²) in [6, 6.07) is -0.764. The van der Waals surface area contributed by atoms with Gasteiger partial charge < -0.3 is 34.4 Å². The molecule has 0 saturated carbocycles. The van der Waals surface area contributed by atoms with Crippen LogP contribution in [0.3, 0.4) is 0 Å². The lowest BCUT2D eigenvalue weighted by Gasteiger charge is -2.23. The van der Waals surface area contributed by atoms with Crippen molar-refractivity contribution in [1.82, 2.24) is 14.9 Å². The zero-order chi connectivity index (χ0) is 22.6. The molecule has 16 heteroatoms. The molecule has 1 aliphatic heterocycles. The van der Waals surface area contributed by atoms with Crippen molar-refractivity contribution in [3.05, 3.63) is 33.1 Å². The van der Waals surface area contributed by atoms with Gasteiger partial charge in [0.1, 0.15) is 18.2 Å². The van der Waals surface area contributed by atoms with Crippen LogP contribution in [0, 0.1) is 0 Å². The van der Waals surface area contributed by atoms with Gasteiger partial charge in [0, 0.05) is 19.4 Å². The van der Waals surface area contributed by atoms with Crippen molar-refractivity contribution in [2.45, 2.75) is 37.0 Å². The molecule has 1 fully saturated rings. The fraction of sp³-hybridized carbons (Fsp3) is 0.500. The number of hydrogen-bond donors (Lipinski definition) is 5. The van der Waals surface area contributed by atoms with Gasteiger partial charge >= 0.3 is 17.6 Å². The minimum absolute atomic E-state index is 0.685. The molecule has 1 amide bonds. The molecule has 14 nitrogen and oxygen atoms in total. The summed E-state index contributed by atoms with van der Waals surface area (Å²) in [7, 11) is -1.62. The summed E-state index contributed by atoms with van der Waals surface area (Å²) in [5.74, 6) is -4.16. The summed E-state index contributed by atoms with van der Waals surface area (Å²) >= 11 is 4.65. The van der Waals surface area contributed by atoms with E-state index in [-0.39, 0.29) is 0 Å². The first kappa shape index (κ1) is 23.9. The molecule has 30 heavy (non-hydrogen) atoms. The van der Waals surface area contributed by atoms with Gasteiger partial charge in [-0.25, -0.2) is 9.59 Å². The van der Waals surface area contributed by atoms with Crippen molar-refractivity contribution in [1.29, 1.82) is 0 Å². The Hall–Kier alpha value is -2.42. The summed E-state index contributed by atoms with van der Waals surface area (Å²) in [4.78, 5) is 69.6. The Bertz CT molecular complexity index is 963. The number of methoxy groups -OCH3 is 1. The monoisotopic (exact) mass is 467 g/mol. The summed E-state index contributed by atoms with van der Waals surface area (Å²) in [5, 5.41) is 19.9. The highest BCUT2D eigenvalue weighted by molar-refractivity contribution is 8.00. The molecule has 1 saturated heterocycles. The number of H-pyrrole nitrogens is 1. The van der Waals surface area contributed by atoms with E-state index in [0.717, 1.165) is 16.8 Å². The Balaban J connectivity index is 2.38. The van der Waals surface area contributed by atoms with Crippen LogP contribution in [-0.2, 0) is 40.2 Å². The van der Waals surface area contributed by atoms with Crippen LogP contribution in [0.15, 0.2) is 21.9 Å². The van der Waals surface area contributed by atoms with E-state index < -0.39 is 73.2 Å². The van der Waals surface area contributed by atoms with E-state index in [0.29, 0.717) is 0 Å². The zero-order valence-electron chi connectivity index (χ0n) is 15.2. The Morgan fingerprint density at radius 3 is 2.53 bits per heavy atom. The predicted molar refractivity (Wildman–Crippen MR) is 101 cm³/mol. The maximum atomic E-state index is 12.6. The zero-order valence-corrected chi connectivity index (χ0v) is 17.0. The molecule has 3 unspecified atom stereocenters. The molecule has 1 aromatic rings. The normalized spacial score (nSPS) is 25.4. The largest absolute Gasteiger partial charge is 0.481 e. The quantitative estimate of drug-likeness (QED) is 0.237. The highest BCUT2D eigenvalue weighted by Crippen LogP contribution is 2.37. The number of aromatic amines is 1. The van der Waals surface area contributed by atoms with Crippen LogP contribution < -0.4 is 16.6 Å². The fourth-order valence-corrected chi connectivity index (χ4v) is 3.65. The van der Waals surface area contributed by atoms with Gasteiger partial charge in [0.05, 0.1) is 6.42 Å². The fourth-order valence-electron chi connectivity index (χ4n) is 2.83. The second kappa shape index (κ2) is 10.1. The maximum absolute atomic E-state index is 12.6. The molecule has 1 aromatic heterocycles. The number of carboxylic acids is 2. The van der Waals surface area contributed by atoms with Crippen LogP contribution in [-0.4, -0.2) is 74.0 Å². The van der Waals surface area contributed by atoms with E-state index in [1.807, 2.05) is 10.3 Å². The van der Waals surface area contributed by atoms with Crippen molar-refractivity contribution in [2.24, 2.45) is 0 Å². The number of amides is 1. The van der Waals surface area contributed by atoms with Gasteiger partial charge in [-0.15, -0.1) is 0 Å². The van der Waals surface area contributed by atoms with Crippen molar-refractivity contribution in [2.75, 3.05) is 7.11 Å². The molecule has 0 bridgehead atoms. The van der Waals surface area contributed by atoms with Gasteiger partial charge in [0.2, 0.25) is 0 Å². The van der Waals surface area contributed by atoms with Gasteiger partial charge in [-0.1, -0.05) is 0 Å². The molecule has 5 N–H and O–H groups in total. The van der Waals surface area contributed by atoms with E-state index in [9.17, 15) is 28.9 Å². The van der Waals surface area contributed by atoms with Crippen LogP contribution in [0.1, 0.15) is 12.6 Å². The van der Waals surface area contributed by atoms with Gasteiger partial charge in [-0.2, -0.15) is 0 Å². The van der Waals surface area contributed by atoms with E-state index in [4.69, 9.17) is 24.2 Å². The first-order chi connectivity index (χ1) is 14.0. The molecular formula is C14H18N3O11PS. The molecule has 2 heterocycles. The highest BCUT2D eigenvalue weighted by atomic mass is 32.4. The molecule has 2 rings (SSSR count). The first-order valence-corrected chi connectivity index (χ1v) is 10.7. The first-order valence-electron chi connectivity index (χ1n) is 8.19. The average molecular weight is 467 g/mol. The van der Waals surface area contributed by atoms with Gasteiger partial charge in [0.25, 0.3) is 11.5 Å². The number of rotatable bonds is 9. The number of nitrogens with zero attached hydrogens (tertiary/aromatic N) is 1. The SMILES string of the molecule is COC1C(O[PH](O)=S)[C@@H](C(=O)N[C@H](CC(=O)O)C(=O)O)O[C@H]1n1ccc(=O)[nH]c1=O. The molecule has 1 aliphatic rings. The number of nitrogens with one attached hydrogen (secondary N) is 2. The molecule has 0 aliphatic carbocycles. The van der Waals surface area contributed by atoms with Gasteiger partial charge in [0.15, 0.2) is 19.5 Å². The number of carbonyl (C=O) groups is 3. The van der Waals surface area contributed by atoms with Crippen molar-refractivity contribution >= 4 is 36.8 Å². The molecule has 166 valence electrons. The van der Waals surface area contributed by atoms with Crippen LogP contribution in [0.2, 0.25) is 0 Å². The smallest absolute Gasteiger partial charge is 0.330 e. The third-order valence-corrected chi connectivity index (χ3v) is 4.84. The number of carbonyl (C=O) groups excluding carboxylic acids is 1. The molecular weight excluding hydrogens is 449 g/mol. The van der Waals surface area contributed by atoms with Crippen LogP contribution >= 0.6 is 7.15 Å². The number of aliphatic carboxylic acids is 2. The lowest BCUT2D eigenvalue weighted by atomic mass is 10.1. The number of ether oxygens (including phenoxy) is 2. The van der Waals surface area contributed by atoms with Crippen molar-refractivity contribution in [3.63, 3.8) is 0 Å². The Morgan fingerprint density at radius 1 is 1.37 bits per heavy atom. The second-order valence-electron chi connectivity index (χ2n) is 6.01. The topological polar surface area (TPSA) is 206 Å². The molecule has 0 radical (unpaired) electrons.